The molecule has 0 aromatic heterocycles. The lowest BCUT2D eigenvalue weighted by Gasteiger charge is -2.14. The lowest BCUT2D eigenvalue weighted by atomic mass is 10.1. The Morgan fingerprint density at radius 3 is 2.55 bits per heavy atom. The summed E-state index contributed by atoms with van der Waals surface area (Å²) in [7, 11) is 0. The van der Waals surface area contributed by atoms with Crippen molar-refractivity contribution in [3.63, 3.8) is 0 Å². The van der Waals surface area contributed by atoms with Crippen molar-refractivity contribution in [1.82, 2.24) is 0 Å². The Morgan fingerprint density at radius 2 is 1.85 bits per heavy atom. The summed E-state index contributed by atoms with van der Waals surface area (Å²) in [6.45, 7) is 2.60. The van der Waals surface area contributed by atoms with Crippen LogP contribution in [0.25, 0.3) is 0 Å². The summed E-state index contributed by atoms with van der Waals surface area (Å²) in [6.07, 6.45) is 1.60. The summed E-state index contributed by atoms with van der Waals surface area (Å²) < 4.78 is 5.88. The van der Waals surface area contributed by atoms with E-state index in [2.05, 4.69) is 12.1 Å². The Hall–Kier alpha value is -1.51. The molecule has 0 heterocycles. The second-order valence-corrected chi connectivity index (χ2v) is 5.39. The molecule has 0 aliphatic rings. The average molecular weight is 290 g/mol. The molecule has 0 radical (unpaired) electrons. The summed E-state index contributed by atoms with van der Waals surface area (Å²) in [5, 5.41) is 0.722. The molecule has 2 N–H and O–H groups in total. The summed E-state index contributed by atoms with van der Waals surface area (Å²) >= 11 is 6.23. The van der Waals surface area contributed by atoms with E-state index in [0.29, 0.717) is 6.61 Å². The van der Waals surface area contributed by atoms with Crippen molar-refractivity contribution in [2.24, 2.45) is 5.73 Å². The fourth-order valence-electron chi connectivity index (χ4n) is 2.12. The smallest absolute Gasteiger partial charge is 0.124 e. The second-order valence-electron chi connectivity index (χ2n) is 4.98. The number of ether oxygens (including phenoxy) is 1. The van der Waals surface area contributed by atoms with Crippen LogP contribution in [-0.4, -0.2) is 12.6 Å². The minimum Gasteiger partial charge on any atom is -0.493 e. The largest absolute Gasteiger partial charge is 0.493 e. The van der Waals surface area contributed by atoms with E-state index in [-0.39, 0.29) is 6.04 Å². The second kappa shape index (κ2) is 7.32. The van der Waals surface area contributed by atoms with E-state index >= 15 is 0 Å². The first-order valence-electron chi connectivity index (χ1n) is 6.86. The maximum absolute atomic E-state index is 6.23. The molecule has 1 unspecified atom stereocenters. The van der Waals surface area contributed by atoms with Gasteiger partial charge in [-0.3, -0.25) is 0 Å². The van der Waals surface area contributed by atoms with Gasteiger partial charge in [0.1, 0.15) is 5.75 Å². The molecule has 0 saturated heterocycles. The quantitative estimate of drug-likeness (QED) is 0.876. The van der Waals surface area contributed by atoms with Crippen molar-refractivity contribution in [1.29, 1.82) is 0 Å². The van der Waals surface area contributed by atoms with Crippen LogP contribution >= 0.6 is 11.6 Å². The molecular formula is C17H20ClNO. The van der Waals surface area contributed by atoms with Gasteiger partial charge >= 0.3 is 0 Å². The van der Waals surface area contributed by atoms with Gasteiger partial charge in [-0.25, -0.2) is 0 Å². The van der Waals surface area contributed by atoms with Crippen molar-refractivity contribution in [3.8, 4) is 5.75 Å². The molecule has 0 aliphatic carbocycles. The molecule has 1 atom stereocenters. The van der Waals surface area contributed by atoms with E-state index < -0.39 is 0 Å². The van der Waals surface area contributed by atoms with E-state index in [1.807, 2.05) is 43.3 Å². The fraction of sp³-hybridized carbons (Fsp3) is 0.294. The molecule has 106 valence electrons. The van der Waals surface area contributed by atoms with Gasteiger partial charge in [-0.15, -0.1) is 0 Å². The van der Waals surface area contributed by atoms with Gasteiger partial charge in [-0.1, -0.05) is 48.0 Å². The van der Waals surface area contributed by atoms with Gasteiger partial charge in [-0.2, -0.15) is 0 Å². The zero-order valence-electron chi connectivity index (χ0n) is 11.7. The Bertz CT molecular complexity index is 540. The van der Waals surface area contributed by atoms with Crippen molar-refractivity contribution >= 4 is 11.6 Å². The topological polar surface area (TPSA) is 35.2 Å². The van der Waals surface area contributed by atoms with Crippen LogP contribution in [0.4, 0.5) is 0 Å². The lowest BCUT2D eigenvalue weighted by Crippen LogP contribution is -2.18. The molecule has 2 aromatic rings. The monoisotopic (exact) mass is 289 g/mol. The van der Waals surface area contributed by atoms with E-state index in [9.17, 15) is 0 Å². The summed E-state index contributed by atoms with van der Waals surface area (Å²) in [4.78, 5) is 0. The minimum absolute atomic E-state index is 0.0615. The Morgan fingerprint density at radius 1 is 1.10 bits per heavy atom. The Balaban J connectivity index is 2.00. The zero-order chi connectivity index (χ0) is 14.4. The number of hydrogen-bond donors (Lipinski definition) is 1. The molecule has 2 nitrogen and oxygen atoms in total. The third kappa shape index (κ3) is 4.26. The molecular weight excluding hydrogens is 270 g/mol. The number of rotatable bonds is 6. The van der Waals surface area contributed by atoms with E-state index in [1.54, 1.807) is 0 Å². The summed E-state index contributed by atoms with van der Waals surface area (Å²) in [5.41, 5.74) is 8.13. The summed E-state index contributed by atoms with van der Waals surface area (Å²) in [5.74, 6) is 0.839. The highest BCUT2D eigenvalue weighted by atomic mass is 35.5. The zero-order valence-corrected chi connectivity index (χ0v) is 12.4. The van der Waals surface area contributed by atoms with E-state index in [4.69, 9.17) is 22.1 Å². The summed E-state index contributed by atoms with van der Waals surface area (Å²) in [6, 6.07) is 16.1. The predicted molar refractivity (Wildman–Crippen MR) is 84.4 cm³/mol. The normalized spacial score (nSPS) is 12.2. The molecule has 20 heavy (non-hydrogen) atoms. The number of benzene rings is 2. The molecule has 0 fully saturated rings. The molecule has 0 spiro atoms. The Kier molecular flexibility index (Phi) is 5.45. The first-order chi connectivity index (χ1) is 9.66. The van der Waals surface area contributed by atoms with Gasteiger partial charge in [0.2, 0.25) is 0 Å². The fourth-order valence-corrected chi connectivity index (χ4v) is 2.36. The maximum atomic E-state index is 6.23. The van der Waals surface area contributed by atoms with Crippen LogP contribution in [0.1, 0.15) is 18.1 Å². The van der Waals surface area contributed by atoms with Crippen molar-refractivity contribution in [2.75, 3.05) is 6.61 Å². The van der Waals surface area contributed by atoms with Crippen LogP contribution in [0, 0.1) is 0 Å². The first-order valence-corrected chi connectivity index (χ1v) is 7.24. The predicted octanol–water partition coefficient (Wildman–Crippen LogP) is 3.85. The van der Waals surface area contributed by atoms with Crippen LogP contribution < -0.4 is 10.5 Å². The standard InChI is InChI=1S/C17H20ClNO/c1-13(19)12-15-16(18)8-5-9-17(15)20-11-10-14-6-3-2-4-7-14/h2-9,13H,10-12,19H2,1H3. The van der Waals surface area contributed by atoms with Crippen molar-refractivity contribution < 1.29 is 4.74 Å². The van der Waals surface area contributed by atoms with Crippen LogP contribution in [-0.2, 0) is 12.8 Å². The number of nitrogens with two attached hydrogens (primary N) is 1. The van der Waals surface area contributed by atoms with E-state index in [1.165, 1.54) is 5.56 Å². The molecule has 2 rings (SSSR count). The third-order valence-corrected chi connectivity index (χ3v) is 3.45. The lowest BCUT2D eigenvalue weighted by molar-refractivity contribution is 0.318. The highest BCUT2D eigenvalue weighted by Crippen LogP contribution is 2.27. The molecule has 3 heteroatoms. The van der Waals surface area contributed by atoms with Gasteiger partial charge in [0.25, 0.3) is 0 Å². The number of hydrogen-bond acceptors (Lipinski definition) is 2. The van der Waals surface area contributed by atoms with Gasteiger partial charge in [0.15, 0.2) is 0 Å². The molecule has 0 aliphatic heterocycles. The van der Waals surface area contributed by atoms with Crippen LogP contribution in [0.3, 0.4) is 0 Å². The maximum Gasteiger partial charge on any atom is 0.124 e. The van der Waals surface area contributed by atoms with Gasteiger partial charge < -0.3 is 10.5 Å². The van der Waals surface area contributed by atoms with Gasteiger partial charge in [0, 0.05) is 23.0 Å². The van der Waals surface area contributed by atoms with E-state index in [0.717, 1.165) is 29.2 Å². The van der Waals surface area contributed by atoms with Crippen LogP contribution in [0.15, 0.2) is 48.5 Å². The molecule has 2 aromatic carbocycles. The Labute approximate surface area is 125 Å². The van der Waals surface area contributed by atoms with Crippen LogP contribution in [0.2, 0.25) is 5.02 Å². The van der Waals surface area contributed by atoms with Crippen LogP contribution in [0.5, 0.6) is 5.75 Å². The third-order valence-electron chi connectivity index (χ3n) is 3.09. The van der Waals surface area contributed by atoms with Gasteiger partial charge in [0.05, 0.1) is 6.61 Å². The van der Waals surface area contributed by atoms with Crippen molar-refractivity contribution in [3.05, 3.63) is 64.7 Å². The highest BCUT2D eigenvalue weighted by Gasteiger charge is 2.10. The van der Waals surface area contributed by atoms with Crippen molar-refractivity contribution in [2.45, 2.75) is 25.8 Å². The average Bonchev–Trinajstić information content (AvgIpc) is 2.43. The number of halogens is 1. The molecule has 0 saturated carbocycles. The highest BCUT2D eigenvalue weighted by molar-refractivity contribution is 6.31. The molecule has 0 amide bonds. The minimum atomic E-state index is 0.0615. The van der Waals surface area contributed by atoms with Gasteiger partial charge in [-0.05, 0) is 31.0 Å². The SMILES string of the molecule is CC(N)Cc1c(Cl)cccc1OCCc1ccccc1. The molecule has 0 bridgehead atoms. The first kappa shape index (κ1) is 14.9.